The van der Waals surface area contributed by atoms with Gasteiger partial charge in [-0.1, -0.05) is 42.5 Å². The van der Waals surface area contributed by atoms with Crippen LogP contribution < -0.4 is 4.74 Å². The van der Waals surface area contributed by atoms with E-state index in [0.717, 1.165) is 34.5 Å². The molecule has 0 aliphatic heterocycles. The number of rotatable bonds is 7. The van der Waals surface area contributed by atoms with Crippen LogP contribution in [0.1, 0.15) is 31.0 Å². The van der Waals surface area contributed by atoms with E-state index in [2.05, 4.69) is 4.57 Å². The summed E-state index contributed by atoms with van der Waals surface area (Å²) in [5, 5.41) is 12.1. The fourth-order valence-corrected chi connectivity index (χ4v) is 3.30. The van der Waals surface area contributed by atoms with Gasteiger partial charge in [-0.25, -0.2) is 0 Å². The Kier molecular flexibility index (Phi) is 4.67. The maximum atomic E-state index is 11.1. The highest BCUT2D eigenvalue weighted by Crippen LogP contribution is 2.36. The lowest BCUT2D eigenvalue weighted by molar-refractivity contribution is -0.422. The zero-order valence-corrected chi connectivity index (χ0v) is 15.3. The maximum Gasteiger partial charge on any atom is 0.245 e. The first kappa shape index (κ1) is 17.3. The molecule has 2 aromatic carbocycles. The van der Waals surface area contributed by atoms with Crippen LogP contribution in [0.3, 0.4) is 0 Å². The van der Waals surface area contributed by atoms with Crippen LogP contribution in [0.4, 0.5) is 0 Å². The third-order valence-electron chi connectivity index (χ3n) is 4.93. The van der Waals surface area contributed by atoms with Crippen LogP contribution in [0, 0.1) is 16.0 Å². The zero-order chi connectivity index (χ0) is 18.8. The minimum Gasteiger partial charge on any atom is -0.487 e. The van der Waals surface area contributed by atoms with E-state index >= 15 is 0 Å². The second-order valence-corrected chi connectivity index (χ2v) is 7.13. The van der Waals surface area contributed by atoms with E-state index in [-0.39, 0.29) is 10.6 Å². The third-order valence-corrected chi connectivity index (χ3v) is 4.93. The van der Waals surface area contributed by atoms with Gasteiger partial charge in [-0.3, -0.25) is 10.1 Å². The van der Waals surface area contributed by atoms with Crippen LogP contribution in [0.2, 0.25) is 0 Å². The molecule has 1 saturated carbocycles. The lowest BCUT2D eigenvalue weighted by atomic mass is 10.2. The van der Waals surface area contributed by atoms with E-state index in [1.165, 1.54) is 19.8 Å². The molecular weight excluding hydrogens is 340 g/mol. The van der Waals surface area contributed by atoms with Crippen LogP contribution in [0.25, 0.3) is 17.0 Å². The van der Waals surface area contributed by atoms with Crippen LogP contribution in [0.5, 0.6) is 5.75 Å². The fraction of sp³-hybridized carbons (Fsp3) is 0.273. The molecule has 4 rings (SSSR count). The van der Waals surface area contributed by atoms with E-state index in [1.807, 2.05) is 54.6 Å². The quantitative estimate of drug-likeness (QED) is 0.425. The smallest absolute Gasteiger partial charge is 0.245 e. The minimum absolute atomic E-state index is 0.140. The van der Waals surface area contributed by atoms with E-state index in [4.69, 9.17) is 4.74 Å². The first-order valence-corrected chi connectivity index (χ1v) is 9.23. The normalized spacial score (nSPS) is 14.5. The molecule has 5 heteroatoms. The highest BCUT2D eigenvalue weighted by molar-refractivity contribution is 5.89. The standard InChI is InChI=1S/C22H22N2O3/c1-16(24(25)26)12-20-13-19-8-5-9-21(22(19)23(20)14-17-10-11-17)27-15-18-6-3-2-4-7-18/h2-9,12-13,17H,10-11,14-15H2,1H3. The number of hydrogen-bond donors (Lipinski definition) is 0. The van der Waals surface area contributed by atoms with Crippen molar-refractivity contribution < 1.29 is 9.66 Å². The maximum absolute atomic E-state index is 11.1. The summed E-state index contributed by atoms with van der Waals surface area (Å²) in [4.78, 5) is 10.8. The molecular formula is C22H22N2O3. The number of allylic oxidation sites excluding steroid dienone is 1. The van der Waals surface area contributed by atoms with E-state index in [0.29, 0.717) is 12.5 Å². The van der Waals surface area contributed by atoms with Crippen molar-refractivity contribution in [3.05, 3.63) is 81.7 Å². The summed E-state index contributed by atoms with van der Waals surface area (Å²) in [6.45, 7) is 2.89. The van der Waals surface area contributed by atoms with Crippen molar-refractivity contribution >= 4 is 17.0 Å². The van der Waals surface area contributed by atoms with Gasteiger partial charge in [0.2, 0.25) is 5.70 Å². The summed E-state index contributed by atoms with van der Waals surface area (Å²) in [5.41, 5.74) is 3.13. The number of para-hydroxylation sites is 1. The molecule has 1 aromatic heterocycles. The summed E-state index contributed by atoms with van der Waals surface area (Å²) >= 11 is 0. The summed E-state index contributed by atoms with van der Waals surface area (Å²) in [6.07, 6.45) is 4.08. The topological polar surface area (TPSA) is 57.3 Å². The van der Waals surface area contributed by atoms with Crippen molar-refractivity contribution in [2.75, 3.05) is 0 Å². The molecule has 1 aliphatic carbocycles. The summed E-state index contributed by atoms with van der Waals surface area (Å²) in [7, 11) is 0. The summed E-state index contributed by atoms with van der Waals surface area (Å²) in [6, 6.07) is 18.1. The van der Waals surface area contributed by atoms with Crippen LogP contribution in [-0.2, 0) is 13.2 Å². The highest BCUT2D eigenvalue weighted by Gasteiger charge is 2.24. The van der Waals surface area contributed by atoms with Gasteiger partial charge >= 0.3 is 0 Å². The van der Waals surface area contributed by atoms with Crippen LogP contribution >= 0.6 is 0 Å². The van der Waals surface area contributed by atoms with E-state index in [9.17, 15) is 10.1 Å². The molecule has 3 aromatic rings. The molecule has 0 bridgehead atoms. The molecule has 0 atom stereocenters. The molecule has 5 nitrogen and oxygen atoms in total. The summed E-state index contributed by atoms with van der Waals surface area (Å²) < 4.78 is 8.32. The Bertz CT molecular complexity index is 1000. The Morgan fingerprint density at radius 2 is 2.00 bits per heavy atom. The van der Waals surface area contributed by atoms with Crippen molar-refractivity contribution in [1.82, 2.24) is 4.57 Å². The van der Waals surface area contributed by atoms with Gasteiger partial charge in [-0.2, -0.15) is 0 Å². The Morgan fingerprint density at radius 3 is 2.70 bits per heavy atom. The molecule has 138 valence electrons. The Morgan fingerprint density at radius 1 is 1.22 bits per heavy atom. The van der Waals surface area contributed by atoms with Gasteiger partial charge in [0.1, 0.15) is 12.4 Å². The first-order valence-electron chi connectivity index (χ1n) is 9.23. The first-order chi connectivity index (χ1) is 13.1. The van der Waals surface area contributed by atoms with Gasteiger partial charge in [0.15, 0.2) is 0 Å². The molecule has 0 radical (unpaired) electrons. The van der Waals surface area contributed by atoms with Gasteiger partial charge in [0.05, 0.1) is 10.4 Å². The number of benzene rings is 2. The van der Waals surface area contributed by atoms with Gasteiger partial charge in [-0.05, 0) is 36.5 Å². The van der Waals surface area contributed by atoms with Gasteiger partial charge in [-0.15, -0.1) is 0 Å². The monoisotopic (exact) mass is 362 g/mol. The lowest BCUT2D eigenvalue weighted by Gasteiger charge is -2.13. The largest absolute Gasteiger partial charge is 0.487 e. The molecule has 27 heavy (non-hydrogen) atoms. The minimum atomic E-state index is -0.341. The number of fused-ring (bicyclic) bond motifs is 1. The molecule has 1 heterocycles. The SMILES string of the molecule is CC(=Cc1cc2cccc(OCc3ccccc3)c2n1CC1CC1)[N+](=O)[O-]. The zero-order valence-electron chi connectivity index (χ0n) is 15.3. The molecule has 0 amide bonds. The fourth-order valence-electron chi connectivity index (χ4n) is 3.30. The molecule has 0 N–H and O–H groups in total. The summed E-state index contributed by atoms with van der Waals surface area (Å²) in [5.74, 6) is 1.46. The predicted octanol–water partition coefficient (Wildman–Crippen LogP) is 5.27. The predicted molar refractivity (Wildman–Crippen MR) is 106 cm³/mol. The van der Waals surface area contributed by atoms with Gasteiger partial charge in [0, 0.05) is 30.6 Å². The number of nitro groups is 1. The number of ether oxygens (including phenoxy) is 1. The molecule has 0 saturated heterocycles. The molecule has 1 fully saturated rings. The Balaban J connectivity index is 1.74. The van der Waals surface area contributed by atoms with Crippen molar-refractivity contribution in [2.45, 2.75) is 32.9 Å². The third kappa shape index (κ3) is 3.87. The van der Waals surface area contributed by atoms with Crippen molar-refractivity contribution in [3.8, 4) is 5.75 Å². The number of aromatic nitrogens is 1. The average Bonchev–Trinajstić information content (AvgIpc) is 3.42. The van der Waals surface area contributed by atoms with Crippen molar-refractivity contribution in [3.63, 3.8) is 0 Å². The van der Waals surface area contributed by atoms with Gasteiger partial charge < -0.3 is 9.30 Å². The average molecular weight is 362 g/mol. The van der Waals surface area contributed by atoms with Crippen LogP contribution in [0.15, 0.2) is 60.3 Å². The van der Waals surface area contributed by atoms with Crippen molar-refractivity contribution in [2.24, 2.45) is 5.92 Å². The highest BCUT2D eigenvalue weighted by atomic mass is 16.6. The Hall–Kier alpha value is -3.08. The van der Waals surface area contributed by atoms with Gasteiger partial charge in [0.25, 0.3) is 0 Å². The second-order valence-electron chi connectivity index (χ2n) is 7.13. The molecule has 1 aliphatic rings. The van der Waals surface area contributed by atoms with Crippen molar-refractivity contribution in [1.29, 1.82) is 0 Å². The Labute approximate surface area is 158 Å². The lowest BCUT2D eigenvalue weighted by Crippen LogP contribution is -2.05. The molecule has 0 spiro atoms. The van der Waals surface area contributed by atoms with E-state index in [1.54, 1.807) is 6.08 Å². The number of hydrogen-bond acceptors (Lipinski definition) is 3. The second kappa shape index (κ2) is 7.27. The molecule has 0 unspecified atom stereocenters. The number of nitrogens with zero attached hydrogens (tertiary/aromatic N) is 2. The van der Waals surface area contributed by atoms with Crippen LogP contribution in [-0.4, -0.2) is 9.49 Å². The van der Waals surface area contributed by atoms with E-state index < -0.39 is 0 Å².